The predicted octanol–water partition coefficient (Wildman–Crippen LogP) is 14.8. The Hall–Kier alpha value is -8.54. The molecule has 0 aliphatic heterocycles. The number of para-hydroxylation sites is 4. The lowest BCUT2D eigenvalue weighted by molar-refractivity contribution is 1.15. The molecule has 0 N–H and O–H groups in total. The normalized spacial score (nSPS) is 11.8. The van der Waals surface area contributed by atoms with Crippen molar-refractivity contribution in [3.8, 4) is 51.0 Å². The third-order valence-electron chi connectivity index (χ3n) is 12.6. The summed E-state index contributed by atoms with van der Waals surface area (Å²) in [6.45, 7) is 0. The van der Waals surface area contributed by atoms with Crippen molar-refractivity contribution in [3.63, 3.8) is 0 Å². The molecule has 0 spiro atoms. The summed E-state index contributed by atoms with van der Waals surface area (Å²) in [6, 6.07) is 80.3. The minimum Gasteiger partial charge on any atom is -0.309 e. The number of rotatable bonds is 6. The summed E-state index contributed by atoms with van der Waals surface area (Å²) in [5.41, 5.74) is 15.1. The van der Waals surface area contributed by atoms with Crippen LogP contribution < -0.4 is 0 Å². The van der Waals surface area contributed by atoms with Gasteiger partial charge in [0.1, 0.15) is 0 Å². The van der Waals surface area contributed by atoms with Crippen LogP contribution >= 0.6 is 0 Å². The molecular weight excluding hydrogens is 767 g/mol. The van der Waals surface area contributed by atoms with E-state index in [1.807, 2.05) is 12.1 Å². The molecule has 13 rings (SSSR count). The molecule has 0 bridgehead atoms. The zero-order valence-electron chi connectivity index (χ0n) is 34.1. The average Bonchev–Trinajstić information content (AvgIpc) is 4.00. The van der Waals surface area contributed by atoms with E-state index < -0.39 is 0 Å². The van der Waals surface area contributed by atoms with Gasteiger partial charge in [-0.15, -0.1) is 0 Å². The van der Waals surface area contributed by atoms with Crippen LogP contribution in [0.5, 0.6) is 0 Å². The summed E-state index contributed by atoms with van der Waals surface area (Å²) in [6.07, 6.45) is 0. The van der Waals surface area contributed by atoms with Crippen molar-refractivity contribution >= 4 is 65.4 Å². The number of hydrogen-bond acceptors (Lipinski definition) is 2. The van der Waals surface area contributed by atoms with Gasteiger partial charge in [-0.05, 0) is 78.9 Å². The van der Waals surface area contributed by atoms with E-state index in [4.69, 9.17) is 9.97 Å². The quantitative estimate of drug-likeness (QED) is 0.168. The highest BCUT2D eigenvalue weighted by Gasteiger charge is 2.20. The number of nitrogens with zero attached hydrogens (tertiary/aromatic N) is 5. The van der Waals surface area contributed by atoms with Crippen molar-refractivity contribution in [2.75, 3.05) is 0 Å². The van der Waals surface area contributed by atoms with E-state index in [2.05, 4.69) is 226 Å². The largest absolute Gasteiger partial charge is 0.309 e. The highest BCUT2D eigenvalue weighted by Crippen LogP contribution is 2.40. The molecule has 0 aliphatic rings. The van der Waals surface area contributed by atoms with Crippen molar-refractivity contribution in [2.24, 2.45) is 0 Å². The van der Waals surface area contributed by atoms with Crippen molar-refractivity contribution in [2.45, 2.75) is 0 Å². The third kappa shape index (κ3) is 5.57. The minimum atomic E-state index is 0.681. The van der Waals surface area contributed by atoms with Gasteiger partial charge in [-0.2, -0.15) is 0 Å². The molecule has 13 aromatic rings. The van der Waals surface area contributed by atoms with Crippen LogP contribution in [0.4, 0.5) is 0 Å². The Morgan fingerprint density at radius 1 is 0.238 bits per heavy atom. The van der Waals surface area contributed by atoms with Gasteiger partial charge in [-0.3, -0.25) is 0 Å². The van der Waals surface area contributed by atoms with Crippen LogP contribution in [0, 0.1) is 0 Å². The molecule has 5 nitrogen and oxygen atoms in total. The van der Waals surface area contributed by atoms with Crippen LogP contribution in [0.2, 0.25) is 0 Å². The number of hydrogen-bond donors (Lipinski definition) is 0. The molecule has 0 radical (unpaired) electrons. The fraction of sp³-hybridized carbons (Fsp3) is 0. The molecule has 0 aliphatic carbocycles. The smallest absolute Gasteiger partial charge is 0.160 e. The van der Waals surface area contributed by atoms with Gasteiger partial charge in [0.2, 0.25) is 0 Å². The van der Waals surface area contributed by atoms with E-state index in [1.54, 1.807) is 0 Å². The van der Waals surface area contributed by atoms with Gasteiger partial charge in [-0.25, -0.2) is 9.97 Å². The first-order valence-corrected chi connectivity index (χ1v) is 21.4. The maximum atomic E-state index is 5.20. The van der Waals surface area contributed by atoms with Gasteiger partial charge in [0.15, 0.2) is 5.82 Å². The summed E-state index contributed by atoms with van der Waals surface area (Å²) in [4.78, 5) is 10.4. The highest BCUT2D eigenvalue weighted by molar-refractivity contribution is 6.14. The fourth-order valence-corrected chi connectivity index (χ4v) is 9.83. The van der Waals surface area contributed by atoms with Crippen molar-refractivity contribution in [1.82, 2.24) is 23.7 Å². The lowest BCUT2D eigenvalue weighted by Gasteiger charge is -2.13. The Balaban J connectivity index is 1.06. The Kier molecular flexibility index (Phi) is 7.84. The Bertz CT molecular complexity index is 3570. The first-order valence-electron chi connectivity index (χ1n) is 21.4. The molecule has 0 amide bonds. The minimum absolute atomic E-state index is 0.681. The van der Waals surface area contributed by atoms with Crippen LogP contribution in [0.3, 0.4) is 0 Å². The topological polar surface area (TPSA) is 40.6 Å². The molecule has 0 saturated heterocycles. The zero-order chi connectivity index (χ0) is 41.4. The molecular formula is C58H37N5. The Morgan fingerprint density at radius 2 is 0.587 bits per heavy atom. The summed E-state index contributed by atoms with van der Waals surface area (Å²) in [7, 11) is 0. The average molecular weight is 804 g/mol. The lowest BCUT2D eigenvalue weighted by atomic mass is 10.1. The van der Waals surface area contributed by atoms with Gasteiger partial charge in [-0.1, -0.05) is 146 Å². The van der Waals surface area contributed by atoms with Crippen molar-refractivity contribution < 1.29 is 0 Å². The second kappa shape index (κ2) is 14.0. The van der Waals surface area contributed by atoms with E-state index in [1.165, 1.54) is 54.4 Å². The molecule has 0 unspecified atom stereocenters. The van der Waals surface area contributed by atoms with Crippen LogP contribution in [-0.2, 0) is 0 Å². The number of aromatic nitrogens is 5. The third-order valence-corrected chi connectivity index (χ3v) is 12.6. The fourth-order valence-electron chi connectivity index (χ4n) is 9.83. The van der Waals surface area contributed by atoms with Crippen LogP contribution in [-0.4, -0.2) is 23.7 Å². The Labute approximate surface area is 363 Å². The van der Waals surface area contributed by atoms with Crippen molar-refractivity contribution in [1.29, 1.82) is 0 Å². The molecule has 294 valence electrons. The molecule has 4 aromatic heterocycles. The summed E-state index contributed by atoms with van der Waals surface area (Å²) >= 11 is 0. The van der Waals surface area contributed by atoms with Gasteiger partial charge >= 0.3 is 0 Å². The highest BCUT2D eigenvalue weighted by atomic mass is 15.0. The maximum absolute atomic E-state index is 5.20. The number of fused-ring (bicyclic) bond motifs is 9. The van der Waals surface area contributed by atoms with E-state index >= 15 is 0 Å². The number of benzene rings is 9. The molecule has 0 fully saturated rings. The van der Waals surface area contributed by atoms with E-state index in [0.29, 0.717) is 5.82 Å². The summed E-state index contributed by atoms with van der Waals surface area (Å²) in [5.74, 6) is 0.681. The van der Waals surface area contributed by atoms with E-state index in [9.17, 15) is 0 Å². The van der Waals surface area contributed by atoms with Gasteiger partial charge < -0.3 is 13.7 Å². The second-order valence-corrected chi connectivity index (χ2v) is 16.2. The molecule has 5 heteroatoms. The SMILES string of the molecule is c1ccc(-c2cc(-c3ccccc3)nc(-c3cccc(-n4c5ccc(-n6c7ccccc7c7ccccc76)cc5c5cc(-n6c7ccccc7c7ccccc76)ccc54)c3)n2)cc1. The first-order chi connectivity index (χ1) is 31.2. The van der Waals surface area contributed by atoms with E-state index in [0.717, 1.165) is 56.2 Å². The molecule has 9 aromatic carbocycles. The monoisotopic (exact) mass is 803 g/mol. The Morgan fingerprint density at radius 3 is 1.02 bits per heavy atom. The van der Waals surface area contributed by atoms with Crippen molar-refractivity contribution in [3.05, 3.63) is 224 Å². The van der Waals surface area contributed by atoms with Gasteiger partial charge in [0, 0.05) is 66.1 Å². The van der Waals surface area contributed by atoms with Crippen LogP contribution in [0.25, 0.3) is 116 Å². The lowest BCUT2D eigenvalue weighted by Crippen LogP contribution is -1.99. The second-order valence-electron chi connectivity index (χ2n) is 16.2. The molecule has 63 heavy (non-hydrogen) atoms. The van der Waals surface area contributed by atoms with E-state index in [-0.39, 0.29) is 0 Å². The van der Waals surface area contributed by atoms with Crippen LogP contribution in [0.15, 0.2) is 224 Å². The standard InChI is InChI=1S/C58H37N5/c1-3-16-38(17-4-1)50-37-51(39-18-5-2-6-19-39)60-58(59-50)40-20-15-21-41(34-40)61-56-32-30-42(62-52-26-11-7-22-44(52)45-23-8-12-27-53(45)62)35-48(56)49-36-43(31-33-57(49)61)63-54-28-13-9-24-46(54)47-25-10-14-29-55(47)63/h1-37H. The molecule has 0 saturated carbocycles. The molecule has 0 atom stereocenters. The summed E-state index contributed by atoms with van der Waals surface area (Å²) in [5, 5.41) is 7.33. The van der Waals surface area contributed by atoms with Crippen LogP contribution in [0.1, 0.15) is 0 Å². The summed E-state index contributed by atoms with van der Waals surface area (Å²) < 4.78 is 7.22. The maximum Gasteiger partial charge on any atom is 0.160 e. The molecule has 4 heterocycles. The van der Waals surface area contributed by atoms with Gasteiger partial charge in [0.25, 0.3) is 0 Å². The first kappa shape index (κ1) is 35.2. The van der Waals surface area contributed by atoms with Gasteiger partial charge in [0.05, 0.1) is 44.5 Å². The zero-order valence-corrected chi connectivity index (χ0v) is 34.1. The predicted molar refractivity (Wildman–Crippen MR) is 261 cm³/mol.